The first-order valence-corrected chi connectivity index (χ1v) is 6.80. The minimum absolute atomic E-state index is 0.125. The minimum Gasteiger partial charge on any atom is -0.206 e. The van der Waals surface area contributed by atoms with Crippen LogP contribution in [-0.4, -0.2) is 0 Å². The second-order valence-corrected chi connectivity index (χ2v) is 5.21. The lowest BCUT2D eigenvalue weighted by Crippen LogP contribution is -1.87. The highest BCUT2D eigenvalue weighted by Crippen LogP contribution is 2.29. The van der Waals surface area contributed by atoms with E-state index in [9.17, 15) is 4.39 Å². The molecule has 0 spiro atoms. The van der Waals surface area contributed by atoms with Gasteiger partial charge in [-0.25, -0.2) is 4.39 Å². The zero-order valence-corrected chi connectivity index (χ0v) is 11.3. The molecule has 0 nitrogen and oxygen atoms in total. The molecule has 0 bridgehead atoms. The summed E-state index contributed by atoms with van der Waals surface area (Å²) in [5.74, 6) is -0.125. The molecule has 0 aliphatic carbocycles. The molecule has 3 aromatic rings. The fourth-order valence-corrected chi connectivity index (χ4v) is 2.73. The Bertz CT molecular complexity index is 756. The van der Waals surface area contributed by atoms with Gasteiger partial charge in [-0.3, -0.25) is 0 Å². The Labute approximate surface area is 112 Å². The number of hydrogen-bond donors (Lipinski definition) is 0. The zero-order valence-electron chi connectivity index (χ0n) is 11.3. The lowest BCUT2D eigenvalue weighted by molar-refractivity contribution is 0.641. The van der Waals surface area contributed by atoms with E-state index in [2.05, 4.69) is 25.1 Å². The molecule has 0 N–H and O–H groups in total. The Morgan fingerprint density at radius 1 is 0.895 bits per heavy atom. The minimum atomic E-state index is -0.125. The van der Waals surface area contributed by atoms with Gasteiger partial charge in [-0.2, -0.15) is 0 Å². The van der Waals surface area contributed by atoms with Crippen LogP contribution in [0, 0.1) is 12.7 Å². The average molecular weight is 252 g/mol. The third-order valence-corrected chi connectivity index (χ3v) is 3.66. The fourth-order valence-electron chi connectivity index (χ4n) is 2.73. The van der Waals surface area contributed by atoms with Gasteiger partial charge in [0.2, 0.25) is 0 Å². The predicted molar refractivity (Wildman–Crippen MR) is 80.1 cm³/mol. The van der Waals surface area contributed by atoms with Crippen molar-refractivity contribution in [3.63, 3.8) is 0 Å². The van der Waals surface area contributed by atoms with E-state index in [1.54, 1.807) is 6.07 Å². The Morgan fingerprint density at radius 2 is 1.68 bits per heavy atom. The molecule has 0 amide bonds. The van der Waals surface area contributed by atoms with Crippen LogP contribution in [0.25, 0.3) is 21.5 Å². The van der Waals surface area contributed by atoms with Crippen molar-refractivity contribution in [1.29, 1.82) is 0 Å². The summed E-state index contributed by atoms with van der Waals surface area (Å²) in [7, 11) is 0. The van der Waals surface area contributed by atoms with Gasteiger partial charge in [-0.15, -0.1) is 0 Å². The van der Waals surface area contributed by atoms with Crippen LogP contribution in [0.4, 0.5) is 4.39 Å². The van der Waals surface area contributed by atoms with Crippen molar-refractivity contribution < 1.29 is 4.39 Å². The van der Waals surface area contributed by atoms with Crippen LogP contribution in [-0.2, 0) is 6.42 Å². The number of fused-ring (bicyclic) bond motifs is 3. The smallest absolute Gasteiger partial charge is 0.131 e. The number of aryl methyl sites for hydroxylation is 2. The third-order valence-electron chi connectivity index (χ3n) is 3.66. The second-order valence-electron chi connectivity index (χ2n) is 5.21. The maximum atomic E-state index is 14.2. The second kappa shape index (κ2) is 4.65. The Morgan fingerprint density at radius 3 is 2.47 bits per heavy atom. The van der Waals surface area contributed by atoms with Crippen LogP contribution in [0.2, 0.25) is 0 Å². The van der Waals surface area contributed by atoms with E-state index < -0.39 is 0 Å². The first-order valence-electron chi connectivity index (χ1n) is 6.80. The molecule has 0 saturated carbocycles. The lowest BCUT2D eigenvalue weighted by Gasteiger charge is -2.08. The van der Waals surface area contributed by atoms with Gasteiger partial charge in [-0.1, -0.05) is 49.2 Å². The van der Waals surface area contributed by atoms with Crippen molar-refractivity contribution in [2.24, 2.45) is 0 Å². The maximum absolute atomic E-state index is 14.2. The molecule has 0 atom stereocenters. The molecule has 0 aromatic heterocycles. The normalized spacial score (nSPS) is 11.3. The molecular weight excluding hydrogens is 235 g/mol. The molecule has 0 radical (unpaired) electrons. The van der Waals surface area contributed by atoms with Crippen LogP contribution >= 0.6 is 0 Å². The summed E-state index contributed by atoms with van der Waals surface area (Å²) >= 11 is 0. The zero-order chi connectivity index (χ0) is 13.4. The molecule has 1 heteroatoms. The Kier molecular flexibility index (Phi) is 2.98. The summed E-state index contributed by atoms with van der Waals surface area (Å²) in [4.78, 5) is 0. The van der Waals surface area contributed by atoms with E-state index in [1.165, 1.54) is 5.56 Å². The quantitative estimate of drug-likeness (QED) is 0.536. The predicted octanol–water partition coefficient (Wildman–Crippen LogP) is 5.39. The molecule has 0 heterocycles. The van der Waals surface area contributed by atoms with E-state index in [1.807, 2.05) is 25.1 Å². The van der Waals surface area contributed by atoms with Crippen LogP contribution in [0.3, 0.4) is 0 Å². The van der Waals surface area contributed by atoms with Gasteiger partial charge in [0.1, 0.15) is 5.82 Å². The van der Waals surface area contributed by atoms with Crippen LogP contribution in [0.15, 0.2) is 42.5 Å². The highest BCUT2D eigenvalue weighted by atomic mass is 19.1. The summed E-state index contributed by atoms with van der Waals surface area (Å²) in [5.41, 5.74) is 2.37. The first-order chi connectivity index (χ1) is 9.19. The van der Waals surface area contributed by atoms with Gasteiger partial charge >= 0.3 is 0 Å². The molecule has 19 heavy (non-hydrogen) atoms. The van der Waals surface area contributed by atoms with Gasteiger partial charge in [0, 0.05) is 5.39 Å². The topological polar surface area (TPSA) is 0 Å². The number of benzene rings is 3. The third kappa shape index (κ3) is 2.10. The summed E-state index contributed by atoms with van der Waals surface area (Å²) in [6, 6.07) is 14.0. The van der Waals surface area contributed by atoms with E-state index >= 15 is 0 Å². The molecule has 3 rings (SSSR count). The molecular formula is C18H17F. The molecule has 0 unspecified atom stereocenters. The summed E-state index contributed by atoms with van der Waals surface area (Å²) in [6.45, 7) is 4.15. The maximum Gasteiger partial charge on any atom is 0.131 e. The number of hydrogen-bond acceptors (Lipinski definition) is 0. The van der Waals surface area contributed by atoms with Crippen molar-refractivity contribution in [2.45, 2.75) is 26.7 Å². The van der Waals surface area contributed by atoms with Crippen molar-refractivity contribution >= 4 is 21.5 Å². The summed E-state index contributed by atoms with van der Waals surface area (Å²) in [5, 5.41) is 3.86. The lowest BCUT2D eigenvalue weighted by atomic mass is 9.97. The van der Waals surface area contributed by atoms with Crippen LogP contribution in [0.5, 0.6) is 0 Å². The van der Waals surface area contributed by atoms with Gasteiger partial charge in [0.15, 0.2) is 0 Å². The number of halogens is 1. The Balaban J connectivity index is 2.35. The average Bonchev–Trinajstić information content (AvgIpc) is 2.39. The molecule has 0 aliphatic rings. The molecule has 0 aliphatic heterocycles. The van der Waals surface area contributed by atoms with Gasteiger partial charge in [0.25, 0.3) is 0 Å². The summed E-state index contributed by atoms with van der Waals surface area (Å²) < 4.78 is 14.2. The van der Waals surface area contributed by atoms with Crippen LogP contribution < -0.4 is 0 Å². The SMILES string of the molecule is CCCc1ccc2c(c1)cc(F)c1cc(C)ccc12. The highest BCUT2D eigenvalue weighted by Gasteiger charge is 2.07. The van der Waals surface area contributed by atoms with Crippen molar-refractivity contribution in [1.82, 2.24) is 0 Å². The van der Waals surface area contributed by atoms with E-state index in [-0.39, 0.29) is 5.82 Å². The van der Waals surface area contributed by atoms with Gasteiger partial charge in [-0.05, 0) is 47.2 Å². The van der Waals surface area contributed by atoms with Crippen molar-refractivity contribution in [3.05, 3.63) is 59.4 Å². The molecule has 0 fully saturated rings. The van der Waals surface area contributed by atoms with E-state index in [0.29, 0.717) is 0 Å². The molecule has 96 valence electrons. The van der Waals surface area contributed by atoms with Gasteiger partial charge < -0.3 is 0 Å². The van der Waals surface area contributed by atoms with Crippen molar-refractivity contribution in [3.8, 4) is 0 Å². The highest BCUT2D eigenvalue weighted by molar-refractivity contribution is 6.08. The van der Waals surface area contributed by atoms with E-state index in [4.69, 9.17) is 0 Å². The van der Waals surface area contributed by atoms with E-state index in [0.717, 1.165) is 39.9 Å². The van der Waals surface area contributed by atoms with Gasteiger partial charge in [0.05, 0.1) is 0 Å². The standard InChI is InChI=1S/C18H17F/c1-3-4-13-6-8-15-14(10-13)11-18(19)17-9-12(2)5-7-16(15)17/h5-11H,3-4H2,1-2H3. The largest absolute Gasteiger partial charge is 0.206 e. The molecule has 3 aromatic carbocycles. The number of rotatable bonds is 2. The van der Waals surface area contributed by atoms with Crippen molar-refractivity contribution in [2.75, 3.05) is 0 Å². The van der Waals surface area contributed by atoms with Crippen LogP contribution in [0.1, 0.15) is 24.5 Å². The fraction of sp³-hybridized carbons (Fsp3) is 0.222. The Hall–Kier alpha value is -1.89. The monoisotopic (exact) mass is 252 g/mol. The summed E-state index contributed by atoms with van der Waals surface area (Å²) in [6.07, 6.45) is 2.16. The first kappa shape index (κ1) is 12.2. The molecule has 0 saturated heterocycles.